The van der Waals surface area contributed by atoms with Crippen LogP contribution >= 0.6 is 24.0 Å². The molecule has 2 aromatic rings. The van der Waals surface area contributed by atoms with Gasteiger partial charge in [0, 0.05) is 38.8 Å². The number of aromatic nitrogens is 2. The molecule has 1 saturated heterocycles. The van der Waals surface area contributed by atoms with E-state index < -0.39 is 0 Å². The Hall–Kier alpha value is -1.77. The standard InChI is InChI=1S/C20H29N5O.HI/c1-4-21-20(22-9-11-26-19-7-5-6-16(2)12-19)25-10-8-17(15-25)18-13-23-24(3)14-18;/h5-7,12-14,17H,4,8-11,15H2,1-3H3,(H,21,22);1H. The molecule has 3 rings (SSSR count). The number of hydrogen-bond donors (Lipinski definition) is 1. The Morgan fingerprint density at radius 1 is 1.41 bits per heavy atom. The molecule has 0 spiro atoms. The van der Waals surface area contributed by atoms with Crippen LogP contribution in [0.3, 0.4) is 0 Å². The van der Waals surface area contributed by atoms with Gasteiger partial charge in [0.05, 0.1) is 12.7 Å². The van der Waals surface area contributed by atoms with E-state index in [4.69, 9.17) is 9.73 Å². The molecule has 0 saturated carbocycles. The lowest BCUT2D eigenvalue weighted by atomic mass is 10.0. The highest BCUT2D eigenvalue weighted by molar-refractivity contribution is 14.0. The fourth-order valence-corrected chi connectivity index (χ4v) is 3.32. The van der Waals surface area contributed by atoms with Gasteiger partial charge in [0.15, 0.2) is 5.96 Å². The van der Waals surface area contributed by atoms with Crippen LogP contribution in [-0.4, -0.2) is 53.4 Å². The molecule has 1 fully saturated rings. The van der Waals surface area contributed by atoms with Gasteiger partial charge in [-0.05, 0) is 43.5 Å². The van der Waals surface area contributed by atoms with Gasteiger partial charge >= 0.3 is 0 Å². The summed E-state index contributed by atoms with van der Waals surface area (Å²) < 4.78 is 7.68. The SMILES string of the molecule is CCNC(=NCCOc1cccc(C)c1)N1CCC(c2cnn(C)c2)C1.I. The Morgan fingerprint density at radius 3 is 2.96 bits per heavy atom. The van der Waals surface area contributed by atoms with E-state index in [2.05, 4.69) is 41.4 Å². The highest BCUT2D eigenvalue weighted by Crippen LogP contribution is 2.26. The Bertz CT molecular complexity index is 745. The van der Waals surface area contributed by atoms with Crippen molar-refractivity contribution >= 4 is 29.9 Å². The number of aliphatic imine (C=N–C) groups is 1. The minimum Gasteiger partial charge on any atom is -0.492 e. The molecule has 148 valence electrons. The summed E-state index contributed by atoms with van der Waals surface area (Å²) in [5.74, 6) is 2.41. The normalized spacial score (nSPS) is 16.9. The Morgan fingerprint density at radius 2 is 2.26 bits per heavy atom. The number of likely N-dealkylation sites (tertiary alicyclic amines) is 1. The highest BCUT2D eigenvalue weighted by atomic mass is 127. The second-order valence-corrected chi connectivity index (χ2v) is 6.78. The summed E-state index contributed by atoms with van der Waals surface area (Å²) in [4.78, 5) is 7.09. The van der Waals surface area contributed by atoms with Crippen molar-refractivity contribution in [3.63, 3.8) is 0 Å². The molecule has 0 radical (unpaired) electrons. The minimum absolute atomic E-state index is 0. The molecule has 0 aliphatic carbocycles. The summed E-state index contributed by atoms with van der Waals surface area (Å²) in [6.07, 6.45) is 5.23. The van der Waals surface area contributed by atoms with Crippen LogP contribution in [0.4, 0.5) is 0 Å². The topological polar surface area (TPSA) is 54.7 Å². The maximum absolute atomic E-state index is 5.81. The zero-order chi connectivity index (χ0) is 18.4. The van der Waals surface area contributed by atoms with Crippen molar-refractivity contribution in [3.05, 3.63) is 47.8 Å². The number of nitrogens with zero attached hydrogens (tertiary/aromatic N) is 4. The third kappa shape index (κ3) is 6.12. The molecule has 0 amide bonds. The van der Waals surface area contributed by atoms with Gasteiger partial charge in [-0.1, -0.05) is 12.1 Å². The van der Waals surface area contributed by atoms with Crippen molar-refractivity contribution in [1.29, 1.82) is 0 Å². The Balaban J connectivity index is 0.00000261. The van der Waals surface area contributed by atoms with Gasteiger partial charge < -0.3 is 15.0 Å². The Labute approximate surface area is 179 Å². The van der Waals surface area contributed by atoms with Crippen LogP contribution in [-0.2, 0) is 7.05 Å². The predicted molar refractivity (Wildman–Crippen MR) is 120 cm³/mol. The summed E-state index contributed by atoms with van der Waals surface area (Å²) in [6, 6.07) is 8.12. The Kier molecular flexibility index (Phi) is 8.40. The van der Waals surface area contributed by atoms with Crippen LogP contribution in [0.25, 0.3) is 0 Å². The summed E-state index contributed by atoms with van der Waals surface area (Å²) >= 11 is 0. The number of nitrogens with one attached hydrogen (secondary N) is 1. The zero-order valence-corrected chi connectivity index (χ0v) is 18.7. The van der Waals surface area contributed by atoms with Gasteiger partial charge in [-0.25, -0.2) is 4.99 Å². The molecule has 0 bridgehead atoms. The van der Waals surface area contributed by atoms with Crippen molar-refractivity contribution in [1.82, 2.24) is 20.0 Å². The molecule has 6 nitrogen and oxygen atoms in total. The van der Waals surface area contributed by atoms with Crippen LogP contribution in [0, 0.1) is 6.92 Å². The van der Waals surface area contributed by atoms with Gasteiger partial charge in [0.1, 0.15) is 12.4 Å². The lowest BCUT2D eigenvalue weighted by molar-refractivity contribution is 0.327. The quantitative estimate of drug-likeness (QED) is 0.297. The molecule has 1 aromatic heterocycles. The third-order valence-corrected chi connectivity index (χ3v) is 4.63. The fraction of sp³-hybridized carbons (Fsp3) is 0.500. The number of rotatable bonds is 6. The largest absolute Gasteiger partial charge is 0.492 e. The van der Waals surface area contributed by atoms with Crippen molar-refractivity contribution in [2.45, 2.75) is 26.2 Å². The van der Waals surface area contributed by atoms with E-state index in [-0.39, 0.29) is 24.0 Å². The van der Waals surface area contributed by atoms with Crippen molar-refractivity contribution in [3.8, 4) is 5.75 Å². The smallest absolute Gasteiger partial charge is 0.194 e. The number of hydrogen-bond acceptors (Lipinski definition) is 3. The maximum atomic E-state index is 5.81. The first-order valence-electron chi connectivity index (χ1n) is 9.37. The minimum atomic E-state index is 0. The maximum Gasteiger partial charge on any atom is 0.194 e. The molecule has 2 heterocycles. The van der Waals surface area contributed by atoms with Gasteiger partial charge in [-0.3, -0.25) is 4.68 Å². The predicted octanol–water partition coefficient (Wildman–Crippen LogP) is 3.18. The van der Waals surface area contributed by atoms with E-state index in [1.54, 1.807) is 0 Å². The number of benzene rings is 1. The highest BCUT2D eigenvalue weighted by Gasteiger charge is 2.26. The number of guanidine groups is 1. The van der Waals surface area contributed by atoms with Crippen molar-refractivity contribution in [2.24, 2.45) is 12.0 Å². The number of halogens is 1. The van der Waals surface area contributed by atoms with Crippen LogP contribution in [0.1, 0.15) is 30.4 Å². The van der Waals surface area contributed by atoms with E-state index >= 15 is 0 Å². The van der Waals surface area contributed by atoms with Gasteiger partial charge in [0.25, 0.3) is 0 Å². The first-order valence-corrected chi connectivity index (χ1v) is 9.37. The second kappa shape index (κ2) is 10.5. The molecule has 7 heteroatoms. The van der Waals surface area contributed by atoms with Crippen LogP contribution in [0.2, 0.25) is 0 Å². The first-order chi connectivity index (χ1) is 12.7. The molecule has 1 atom stereocenters. The molecule has 1 aliphatic heterocycles. The average Bonchev–Trinajstić information content (AvgIpc) is 3.27. The molecule has 27 heavy (non-hydrogen) atoms. The van der Waals surface area contributed by atoms with Gasteiger partial charge in [-0.2, -0.15) is 5.10 Å². The third-order valence-electron chi connectivity index (χ3n) is 4.63. The monoisotopic (exact) mass is 483 g/mol. The molecular formula is C20H30IN5O. The van der Waals surface area contributed by atoms with Crippen LogP contribution in [0.15, 0.2) is 41.7 Å². The lowest BCUT2D eigenvalue weighted by Gasteiger charge is -2.21. The number of ether oxygens (including phenoxy) is 1. The average molecular weight is 483 g/mol. The van der Waals surface area contributed by atoms with Gasteiger partial charge in [0.2, 0.25) is 0 Å². The summed E-state index contributed by atoms with van der Waals surface area (Å²) in [6.45, 7) is 8.27. The van der Waals surface area contributed by atoms with Gasteiger partial charge in [-0.15, -0.1) is 24.0 Å². The molecular weight excluding hydrogens is 453 g/mol. The van der Waals surface area contributed by atoms with Crippen LogP contribution in [0.5, 0.6) is 5.75 Å². The summed E-state index contributed by atoms with van der Waals surface area (Å²) in [5.41, 5.74) is 2.52. The molecule has 1 aliphatic rings. The van der Waals surface area contributed by atoms with E-state index in [0.717, 1.165) is 37.8 Å². The zero-order valence-electron chi connectivity index (χ0n) is 16.4. The van der Waals surface area contributed by atoms with Crippen LogP contribution < -0.4 is 10.1 Å². The van der Waals surface area contributed by atoms with E-state index in [1.807, 2.05) is 36.1 Å². The number of aryl methyl sites for hydroxylation is 2. The molecule has 1 N–H and O–H groups in total. The second-order valence-electron chi connectivity index (χ2n) is 6.78. The van der Waals surface area contributed by atoms with E-state index in [0.29, 0.717) is 19.1 Å². The summed E-state index contributed by atoms with van der Waals surface area (Å²) in [5, 5.41) is 7.71. The summed E-state index contributed by atoms with van der Waals surface area (Å²) in [7, 11) is 1.97. The van der Waals surface area contributed by atoms with Crippen molar-refractivity contribution < 1.29 is 4.74 Å². The first kappa shape index (κ1) is 21.5. The van der Waals surface area contributed by atoms with E-state index in [9.17, 15) is 0 Å². The van der Waals surface area contributed by atoms with E-state index in [1.165, 1.54) is 11.1 Å². The van der Waals surface area contributed by atoms with Crippen molar-refractivity contribution in [2.75, 3.05) is 32.8 Å². The molecule has 1 aromatic carbocycles. The molecule has 1 unspecified atom stereocenters. The lowest BCUT2D eigenvalue weighted by Crippen LogP contribution is -2.40. The fourth-order valence-electron chi connectivity index (χ4n) is 3.32.